The molecule has 0 spiro atoms. The lowest BCUT2D eigenvalue weighted by Gasteiger charge is -2.31. The van der Waals surface area contributed by atoms with Crippen molar-refractivity contribution in [2.45, 2.75) is 19.0 Å². The first-order chi connectivity index (χ1) is 16.6. The number of nitrogens with zero attached hydrogens (tertiary/aromatic N) is 3. The lowest BCUT2D eigenvalue weighted by molar-refractivity contribution is -0.125. The number of thioether (sulfide) groups is 1. The first-order valence-corrected chi connectivity index (χ1v) is 13.1. The van der Waals surface area contributed by atoms with Gasteiger partial charge >= 0.3 is 0 Å². The van der Waals surface area contributed by atoms with E-state index >= 15 is 0 Å². The summed E-state index contributed by atoms with van der Waals surface area (Å²) in [5.41, 5.74) is 4.61. The lowest BCUT2D eigenvalue weighted by atomic mass is 9.98. The van der Waals surface area contributed by atoms with Crippen molar-refractivity contribution in [1.29, 1.82) is 0 Å². The molecule has 0 bridgehead atoms. The minimum Gasteiger partial charge on any atom is -0.338 e. The molecule has 3 unspecified atom stereocenters. The summed E-state index contributed by atoms with van der Waals surface area (Å²) in [6.45, 7) is 3.20. The quantitative estimate of drug-likeness (QED) is 0.693. The van der Waals surface area contributed by atoms with Gasteiger partial charge in [-0.15, -0.1) is 0 Å². The number of pyridine rings is 1. The van der Waals surface area contributed by atoms with Gasteiger partial charge in [-0.25, -0.2) is 4.98 Å². The van der Waals surface area contributed by atoms with Gasteiger partial charge < -0.3 is 10.2 Å². The van der Waals surface area contributed by atoms with Crippen molar-refractivity contribution in [2.24, 2.45) is 11.8 Å². The summed E-state index contributed by atoms with van der Waals surface area (Å²) in [7, 11) is 0. The van der Waals surface area contributed by atoms with Crippen LogP contribution in [0.3, 0.4) is 0 Å². The Balaban J connectivity index is 1.12. The highest BCUT2D eigenvalue weighted by atomic mass is 32.2. The second kappa shape index (κ2) is 9.04. The van der Waals surface area contributed by atoms with Gasteiger partial charge in [0.25, 0.3) is 0 Å². The Labute approximate surface area is 204 Å². The summed E-state index contributed by atoms with van der Waals surface area (Å²) < 4.78 is 0. The van der Waals surface area contributed by atoms with Gasteiger partial charge in [-0.05, 0) is 47.1 Å². The van der Waals surface area contributed by atoms with Crippen molar-refractivity contribution in [3.8, 4) is 0 Å². The average Bonchev–Trinajstić information content (AvgIpc) is 3.40. The molecule has 2 amide bonds. The number of benzene rings is 1. The van der Waals surface area contributed by atoms with E-state index in [0.717, 1.165) is 48.7 Å². The van der Waals surface area contributed by atoms with Gasteiger partial charge in [-0.2, -0.15) is 11.8 Å². The molecule has 6 nitrogen and oxygen atoms in total. The highest BCUT2D eigenvalue weighted by molar-refractivity contribution is 7.99. The normalized spacial score (nSPS) is 26.5. The van der Waals surface area contributed by atoms with Gasteiger partial charge in [0.15, 0.2) is 0 Å². The minimum atomic E-state index is -0.0976. The molecule has 3 aliphatic heterocycles. The summed E-state index contributed by atoms with van der Waals surface area (Å²) in [5.74, 6) is 3.55. The van der Waals surface area contributed by atoms with Gasteiger partial charge in [-0.3, -0.25) is 14.5 Å². The Bertz CT molecular complexity index is 1180. The lowest BCUT2D eigenvalue weighted by Crippen LogP contribution is -2.47. The van der Waals surface area contributed by atoms with Gasteiger partial charge in [0.1, 0.15) is 5.82 Å². The van der Waals surface area contributed by atoms with Crippen molar-refractivity contribution in [3.63, 3.8) is 0 Å². The number of aromatic nitrogens is 1. The van der Waals surface area contributed by atoms with E-state index in [4.69, 9.17) is 0 Å². The number of likely N-dealkylation sites (tertiary alicyclic amines) is 1. The predicted octanol–water partition coefficient (Wildman–Crippen LogP) is 3.53. The van der Waals surface area contributed by atoms with Crippen molar-refractivity contribution < 1.29 is 9.59 Å². The molecule has 2 aromatic rings. The Morgan fingerprint density at radius 3 is 2.94 bits per heavy atom. The number of hydrogen-bond donors (Lipinski definition) is 1. The Morgan fingerprint density at radius 1 is 1.21 bits per heavy atom. The van der Waals surface area contributed by atoms with E-state index in [1.165, 1.54) is 11.1 Å². The molecule has 4 aliphatic rings. The van der Waals surface area contributed by atoms with Crippen LogP contribution < -0.4 is 5.32 Å². The molecule has 4 heterocycles. The minimum absolute atomic E-state index is 0.0287. The molecule has 6 rings (SSSR count). The number of allylic oxidation sites excluding steroid dienone is 1. The SMILES string of the molecule is O=C1Nc2ncc(/C=C/C(=O)N3CC4C=C(c5ccccc5)CC4C3)cc2CN2CCSCC12. The first kappa shape index (κ1) is 21.6. The van der Waals surface area contributed by atoms with E-state index in [-0.39, 0.29) is 17.9 Å². The molecule has 7 heteroatoms. The monoisotopic (exact) mass is 472 g/mol. The summed E-state index contributed by atoms with van der Waals surface area (Å²) in [6.07, 6.45) is 8.66. The summed E-state index contributed by atoms with van der Waals surface area (Å²) in [6, 6.07) is 12.5. The second-order valence-corrected chi connectivity index (χ2v) is 10.7. The van der Waals surface area contributed by atoms with E-state index < -0.39 is 0 Å². The third kappa shape index (κ3) is 4.18. The maximum Gasteiger partial charge on any atom is 0.246 e. The number of nitrogens with one attached hydrogen (secondary N) is 1. The van der Waals surface area contributed by atoms with E-state index in [2.05, 4.69) is 45.5 Å². The van der Waals surface area contributed by atoms with Crippen LogP contribution in [0.2, 0.25) is 0 Å². The molecule has 1 aromatic heterocycles. The predicted molar refractivity (Wildman–Crippen MR) is 136 cm³/mol. The van der Waals surface area contributed by atoms with E-state index in [1.807, 2.05) is 34.9 Å². The fraction of sp³-hybridized carbons (Fsp3) is 0.370. The topological polar surface area (TPSA) is 65.5 Å². The molecule has 3 atom stereocenters. The molecule has 2 saturated heterocycles. The Hall–Kier alpha value is -2.90. The van der Waals surface area contributed by atoms with Crippen LogP contribution in [0, 0.1) is 11.8 Å². The standard InChI is InChI=1S/C27H28N4O2S/c32-25(31-14-21-11-20(12-22(21)15-31)19-4-2-1-3-5-19)7-6-18-10-23-16-30-8-9-34-17-24(30)27(33)29-26(23)28-13-18/h1-7,10-11,13,21-22,24H,8-9,12,14-17H2,(H,28,29,33)/b7-6+. The van der Waals surface area contributed by atoms with E-state index in [9.17, 15) is 9.59 Å². The van der Waals surface area contributed by atoms with Gasteiger partial charge in [0, 0.05) is 55.5 Å². The zero-order valence-corrected chi connectivity index (χ0v) is 19.8. The number of carbonyl (C=O) groups excluding carboxylic acids is 2. The number of anilines is 1. The van der Waals surface area contributed by atoms with Crippen LogP contribution in [0.25, 0.3) is 11.6 Å². The maximum atomic E-state index is 12.9. The van der Waals surface area contributed by atoms with Crippen LogP contribution in [0.15, 0.2) is 54.7 Å². The zero-order valence-electron chi connectivity index (χ0n) is 19.0. The molecule has 174 valence electrons. The smallest absolute Gasteiger partial charge is 0.246 e. The van der Waals surface area contributed by atoms with Crippen molar-refractivity contribution in [1.82, 2.24) is 14.8 Å². The third-order valence-electron chi connectivity index (χ3n) is 7.41. The van der Waals surface area contributed by atoms with Crippen molar-refractivity contribution in [2.75, 3.05) is 36.5 Å². The van der Waals surface area contributed by atoms with Crippen molar-refractivity contribution >= 4 is 41.0 Å². The van der Waals surface area contributed by atoms with Gasteiger partial charge in [-0.1, -0.05) is 36.4 Å². The van der Waals surface area contributed by atoms with Gasteiger partial charge in [0.2, 0.25) is 11.8 Å². The molecule has 34 heavy (non-hydrogen) atoms. The summed E-state index contributed by atoms with van der Waals surface area (Å²) >= 11 is 1.82. The Morgan fingerprint density at radius 2 is 2.09 bits per heavy atom. The largest absolute Gasteiger partial charge is 0.338 e. The van der Waals surface area contributed by atoms with Gasteiger partial charge in [0.05, 0.1) is 6.04 Å². The maximum absolute atomic E-state index is 12.9. The summed E-state index contributed by atoms with van der Waals surface area (Å²) in [4.78, 5) is 34.2. The second-order valence-electron chi connectivity index (χ2n) is 9.59. The van der Waals surface area contributed by atoms with Crippen LogP contribution in [-0.2, 0) is 16.1 Å². The fourth-order valence-corrected chi connectivity index (χ4v) is 6.69. The number of fused-ring (bicyclic) bond motifs is 3. The van der Waals surface area contributed by atoms with E-state index in [1.54, 1.807) is 12.3 Å². The van der Waals surface area contributed by atoms with Crippen LogP contribution in [0.5, 0.6) is 0 Å². The fourth-order valence-electron chi connectivity index (χ4n) is 5.57. The van der Waals surface area contributed by atoms with Crippen LogP contribution in [-0.4, -0.2) is 63.8 Å². The van der Waals surface area contributed by atoms with Crippen LogP contribution >= 0.6 is 11.8 Å². The molecule has 1 aromatic carbocycles. The zero-order chi connectivity index (χ0) is 23.1. The van der Waals surface area contributed by atoms with E-state index in [0.29, 0.717) is 24.2 Å². The molecule has 2 fully saturated rings. The average molecular weight is 473 g/mol. The van der Waals surface area contributed by atoms with Crippen molar-refractivity contribution in [3.05, 3.63) is 71.4 Å². The molecular formula is C27H28N4O2S. The van der Waals surface area contributed by atoms with Crippen LogP contribution in [0.4, 0.5) is 5.82 Å². The Kier molecular flexibility index (Phi) is 5.75. The highest BCUT2D eigenvalue weighted by Gasteiger charge is 2.38. The number of hydrogen-bond acceptors (Lipinski definition) is 5. The first-order valence-electron chi connectivity index (χ1n) is 12.0. The number of carbonyl (C=O) groups is 2. The van der Waals surface area contributed by atoms with Crippen LogP contribution in [0.1, 0.15) is 23.1 Å². The molecule has 1 N–H and O–H groups in total. The highest BCUT2D eigenvalue weighted by Crippen LogP contribution is 2.41. The number of rotatable bonds is 3. The molecule has 1 aliphatic carbocycles. The number of amides is 2. The molecule has 0 saturated carbocycles. The third-order valence-corrected chi connectivity index (χ3v) is 8.43. The molecular weight excluding hydrogens is 444 g/mol. The summed E-state index contributed by atoms with van der Waals surface area (Å²) in [5, 5.41) is 2.99. The molecule has 0 radical (unpaired) electrons.